The van der Waals surface area contributed by atoms with E-state index >= 15 is 0 Å². The van der Waals surface area contributed by atoms with Crippen LogP contribution in [0.4, 0.5) is 0 Å². The van der Waals surface area contributed by atoms with Crippen molar-refractivity contribution in [2.45, 2.75) is 65.2 Å². The smallest absolute Gasteiger partial charge is 0.309 e. The quantitative estimate of drug-likeness (QED) is 0.640. The molecule has 4 nitrogen and oxygen atoms in total. The number of ether oxygens (including phenoxy) is 2. The van der Waals surface area contributed by atoms with Crippen molar-refractivity contribution in [3.05, 3.63) is 0 Å². The molecule has 1 saturated carbocycles. The molecule has 0 saturated heterocycles. The molecule has 0 aliphatic heterocycles. The second kappa shape index (κ2) is 9.78. The summed E-state index contributed by atoms with van der Waals surface area (Å²) in [6.07, 6.45) is 7.35. The van der Waals surface area contributed by atoms with Crippen LogP contribution in [0.5, 0.6) is 0 Å². The van der Waals surface area contributed by atoms with E-state index in [1.807, 2.05) is 13.8 Å². The fraction of sp³-hybridized carbons (Fsp3) is 0.875. The van der Waals surface area contributed by atoms with E-state index in [1.54, 1.807) is 0 Å². The van der Waals surface area contributed by atoms with Crippen LogP contribution in [0.2, 0.25) is 0 Å². The van der Waals surface area contributed by atoms with Crippen LogP contribution < -0.4 is 0 Å². The minimum absolute atomic E-state index is 0.174. The fourth-order valence-corrected chi connectivity index (χ4v) is 2.74. The third-order valence-electron chi connectivity index (χ3n) is 3.82. The van der Waals surface area contributed by atoms with E-state index in [4.69, 9.17) is 9.47 Å². The van der Waals surface area contributed by atoms with E-state index < -0.39 is 0 Å². The van der Waals surface area contributed by atoms with Crippen LogP contribution in [0.15, 0.2) is 0 Å². The maximum Gasteiger partial charge on any atom is 0.309 e. The van der Waals surface area contributed by atoms with Gasteiger partial charge in [-0.15, -0.1) is 0 Å². The molecule has 1 aliphatic carbocycles. The Bertz CT molecular complexity index is 295. The third-order valence-corrected chi connectivity index (χ3v) is 3.82. The third kappa shape index (κ3) is 5.93. The van der Waals surface area contributed by atoms with E-state index in [0.717, 1.165) is 38.5 Å². The molecule has 0 aromatic rings. The molecule has 0 N–H and O–H groups in total. The summed E-state index contributed by atoms with van der Waals surface area (Å²) in [4.78, 5) is 24.0. The Morgan fingerprint density at radius 2 is 1.60 bits per heavy atom. The summed E-state index contributed by atoms with van der Waals surface area (Å²) < 4.78 is 10.4. The summed E-state index contributed by atoms with van der Waals surface area (Å²) in [5.74, 6) is -0.517. The lowest BCUT2D eigenvalue weighted by Gasteiger charge is -2.28. The van der Waals surface area contributed by atoms with Crippen LogP contribution in [-0.2, 0) is 19.1 Å². The maximum atomic E-state index is 12.2. The van der Waals surface area contributed by atoms with Crippen LogP contribution in [0.1, 0.15) is 65.2 Å². The SMILES string of the molecule is CCCOC(=O)CC(C(=O)OCCC)C1CCCCC1. The topological polar surface area (TPSA) is 52.6 Å². The van der Waals surface area contributed by atoms with Gasteiger partial charge < -0.3 is 9.47 Å². The van der Waals surface area contributed by atoms with E-state index in [9.17, 15) is 9.59 Å². The van der Waals surface area contributed by atoms with Crippen LogP contribution in [0, 0.1) is 11.8 Å². The molecule has 0 aromatic heterocycles. The molecule has 4 heteroatoms. The van der Waals surface area contributed by atoms with Gasteiger partial charge in [-0.2, -0.15) is 0 Å². The molecule has 0 bridgehead atoms. The number of carbonyl (C=O) groups is 2. The van der Waals surface area contributed by atoms with Crippen LogP contribution >= 0.6 is 0 Å². The summed E-state index contributed by atoms with van der Waals surface area (Å²) in [6, 6.07) is 0. The normalized spacial score (nSPS) is 17.5. The van der Waals surface area contributed by atoms with Crippen LogP contribution in [-0.4, -0.2) is 25.2 Å². The second-order valence-electron chi connectivity index (χ2n) is 5.60. The first-order chi connectivity index (χ1) is 9.69. The Hall–Kier alpha value is -1.06. The monoisotopic (exact) mass is 284 g/mol. The molecular formula is C16H28O4. The summed E-state index contributed by atoms with van der Waals surface area (Å²) in [7, 11) is 0. The Kier molecular flexibility index (Phi) is 8.31. The number of hydrogen-bond acceptors (Lipinski definition) is 4. The highest BCUT2D eigenvalue weighted by Crippen LogP contribution is 2.32. The predicted octanol–water partition coefficient (Wildman–Crippen LogP) is 3.48. The van der Waals surface area contributed by atoms with Crippen molar-refractivity contribution in [3.63, 3.8) is 0 Å². The first-order valence-corrected chi connectivity index (χ1v) is 8.01. The summed E-state index contributed by atoms with van der Waals surface area (Å²) in [5, 5.41) is 0. The largest absolute Gasteiger partial charge is 0.466 e. The Labute approximate surface area is 122 Å². The average Bonchev–Trinajstić information content (AvgIpc) is 2.49. The van der Waals surface area contributed by atoms with Crippen molar-refractivity contribution in [2.24, 2.45) is 11.8 Å². The van der Waals surface area contributed by atoms with E-state index in [-0.39, 0.29) is 30.2 Å². The van der Waals surface area contributed by atoms with Crippen molar-refractivity contribution < 1.29 is 19.1 Å². The van der Waals surface area contributed by atoms with Gasteiger partial charge in [0.05, 0.1) is 25.6 Å². The molecule has 1 rings (SSSR count). The summed E-state index contributed by atoms with van der Waals surface area (Å²) in [5.41, 5.74) is 0. The zero-order chi connectivity index (χ0) is 14.8. The zero-order valence-corrected chi connectivity index (χ0v) is 12.9. The minimum atomic E-state index is -0.314. The molecule has 1 unspecified atom stereocenters. The van der Waals surface area contributed by atoms with Gasteiger partial charge in [0.25, 0.3) is 0 Å². The Morgan fingerprint density at radius 1 is 1.00 bits per heavy atom. The first-order valence-electron chi connectivity index (χ1n) is 8.01. The molecule has 116 valence electrons. The van der Waals surface area contributed by atoms with Crippen molar-refractivity contribution in [3.8, 4) is 0 Å². The molecule has 0 heterocycles. The van der Waals surface area contributed by atoms with Crippen molar-refractivity contribution in [1.82, 2.24) is 0 Å². The van der Waals surface area contributed by atoms with Gasteiger partial charge in [0, 0.05) is 0 Å². The number of hydrogen-bond donors (Lipinski definition) is 0. The first kappa shape index (κ1) is 17.0. The fourth-order valence-electron chi connectivity index (χ4n) is 2.74. The van der Waals surface area contributed by atoms with Crippen molar-refractivity contribution in [1.29, 1.82) is 0 Å². The van der Waals surface area contributed by atoms with Gasteiger partial charge in [-0.1, -0.05) is 33.1 Å². The highest BCUT2D eigenvalue weighted by Gasteiger charge is 2.33. The van der Waals surface area contributed by atoms with E-state index in [0.29, 0.717) is 13.2 Å². The second-order valence-corrected chi connectivity index (χ2v) is 5.60. The average molecular weight is 284 g/mol. The molecule has 0 amide bonds. The molecular weight excluding hydrogens is 256 g/mol. The number of carbonyl (C=O) groups excluding carboxylic acids is 2. The standard InChI is InChI=1S/C16H28O4/c1-3-10-19-15(17)12-14(16(18)20-11-4-2)13-8-6-5-7-9-13/h13-14H,3-12H2,1-2H3. The highest BCUT2D eigenvalue weighted by atomic mass is 16.5. The van der Waals surface area contributed by atoms with Crippen LogP contribution in [0.25, 0.3) is 0 Å². The molecule has 1 fully saturated rings. The van der Waals surface area contributed by atoms with Crippen molar-refractivity contribution in [2.75, 3.05) is 13.2 Å². The van der Waals surface area contributed by atoms with Crippen LogP contribution in [0.3, 0.4) is 0 Å². The number of rotatable bonds is 8. The Balaban J connectivity index is 2.57. The predicted molar refractivity (Wildman–Crippen MR) is 77.2 cm³/mol. The molecule has 20 heavy (non-hydrogen) atoms. The van der Waals surface area contributed by atoms with Crippen molar-refractivity contribution >= 4 is 11.9 Å². The Morgan fingerprint density at radius 3 is 2.20 bits per heavy atom. The highest BCUT2D eigenvalue weighted by molar-refractivity contribution is 5.80. The van der Waals surface area contributed by atoms with Gasteiger partial charge >= 0.3 is 11.9 Å². The summed E-state index contributed by atoms with van der Waals surface area (Å²) >= 11 is 0. The summed E-state index contributed by atoms with van der Waals surface area (Å²) in [6.45, 7) is 4.80. The lowest BCUT2D eigenvalue weighted by atomic mass is 9.78. The van der Waals surface area contributed by atoms with Gasteiger partial charge in [0.1, 0.15) is 0 Å². The van der Waals surface area contributed by atoms with Gasteiger partial charge in [0.15, 0.2) is 0 Å². The lowest BCUT2D eigenvalue weighted by Crippen LogP contribution is -2.30. The van der Waals surface area contributed by atoms with E-state index in [2.05, 4.69) is 0 Å². The zero-order valence-electron chi connectivity index (χ0n) is 12.9. The minimum Gasteiger partial charge on any atom is -0.466 e. The van der Waals surface area contributed by atoms with Gasteiger partial charge in [-0.25, -0.2) is 0 Å². The molecule has 0 radical (unpaired) electrons. The molecule has 0 spiro atoms. The molecule has 1 aliphatic rings. The van der Waals surface area contributed by atoms with Gasteiger partial charge in [0.2, 0.25) is 0 Å². The number of esters is 2. The van der Waals surface area contributed by atoms with Gasteiger partial charge in [-0.3, -0.25) is 9.59 Å². The maximum absolute atomic E-state index is 12.2. The molecule has 0 aromatic carbocycles. The van der Waals surface area contributed by atoms with E-state index in [1.165, 1.54) is 6.42 Å². The lowest BCUT2D eigenvalue weighted by molar-refractivity contribution is -0.157. The van der Waals surface area contributed by atoms with Gasteiger partial charge in [-0.05, 0) is 31.6 Å². The molecule has 1 atom stereocenters.